The summed E-state index contributed by atoms with van der Waals surface area (Å²) < 4.78 is 0. The number of carbonyl (C=O) groups excluding carboxylic acids is 1. The van der Waals surface area contributed by atoms with Crippen LogP contribution in [-0.4, -0.2) is 10.8 Å². The third-order valence-electron chi connectivity index (χ3n) is 4.05. The Morgan fingerprint density at radius 2 is 2.12 bits per heavy atom. The number of ketones is 1. The predicted molar refractivity (Wildman–Crippen MR) is 69.1 cm³/mol. The molecule has 2 atom stereocenters. The van der Waals surface area contributed by atoms with Crippen LogP contribution in [0.5, 0.6) is 0 Å². The molecule has 88 valence electrons. The van der Waals surface area contributed by atoms with E-state index in [0.717, 1.165) is 22.9 Å². The molecule has 1 saturated carbocycles. The molecule has 2 heteroatoms. The van der Waals surface area contributed by atoms with Crippen molar-refractivity contribution in [2.75, 3.05) is 0 Å². The summed E-state index contributed by atoms with van der Waals surface area (Å²) in [7, 11) is 0. The first-order valence-corrected chi connectivity index (χ1v) is 6.37. The molecule has 0 aliphatic heterocycles. The van der Waals surface area contributed by atoms with Gasteiger partial charge in [-0.2, -0.15) is 0 Å². The lowest BCUT2D eigenvalue weighted by atomic mass is 9.89. The maximum absolute atomic E-state index is 12.5. The summed E-state index contributed by atoms with van der Waals surface area (Å²) in [6.45, 7) is 2.20. The highest BCUT2D eigenvalue weighted by Gasteiger charge is 2.31. The number of para-hydroxylation sites is 1. The lowest BCUT2D eigenvalue weighted by molar-refractivity contribution is 0.0899. The van der Waals surface area contributed by atoms with Crippen LogP contribution in [0.25, 0.3) is 10.9 Å². The van der Waals surface area contributed by atoms with Crippen LogP contribution in [0.2, 0.25) is 0 Å². The minimum Gasteiger partial charge on any atom is -0.360 e. The zero-order valence-electron chi connectivity index (χ0n) is 10.1. The maximum atomic E-state index is 12.5. The molecule has 0 amide bonds. The highest BCUT2D eigenvalue weighted by Crippen LogP contribution is 2.35. The first-order chi connectivity index (χ1) is 8.27. The number of nitrogens with one attached hydrogen (secondary N) is 1. The molecular weight excluding hydrogens is 210 g/mol. The Balaban J connectivity index is 2.01. The van der Waals surface area contributed by atoms with Crippen molar-refractivity contribution >= 4 is 16.7 Å². The molecule has 2 aromatic rings. The molecule has 3 rings (SSSR count). The summed E-state index contributed by atoms with van der Waals surface area (Å²) in [6.07, 6.45) is 5.32. The molecule has 1 aliphatic carbocycles. The van der Waals surface area contributed by atoms with Crippen LogP contribution in [0.15, 0.2) is 30.5 Å². The van der Waals surface area contributed by atoms with Crippen LogP contribution in [0.4, 0.5) is 0 Å². The summed E-state index contributed by atoms with van der Waals surface area (Å²) in [5, 5.41) is 1.07. The van der Waals surface area contributed by atoms with Gasteiger partial charge in [0.2, 0.25) is 0 Å². The molecule has 0 spiro atoms. The molecule has 2 nitrogen and oxygen atoms in total. The van der Waals surface area contributed by atoms with Gasteiger partial charge in [0.1, 0.15) is 0 Å². The Kier molecular flexibility index (Phi) is 2.50. The van der Waals surface area contributed by atoms with Gasteiger partial charge in [0.15, 0.2) is 5.78 Å². The second-order valence-electron chi connectivity index (χ2n) is 5.13. The SMILES string of the molecule is CC1CCCC1C(=O)c1c[nH]c2ccccc12. The molecule has 0 radical (unpaired) electrons. The fourth-order valence-electron chi connectivity index (χ4n) is 3.01. The van der Waals surface area contributed by atoms with Gasteiger partial charge < -0.3 is 4.98 Å². The van der Waals surface area contributed by atoms with E-state index in [4.69, 9.17) is 0 Å². The smallest absolute Gasteiger partial charge is 0.168 e. The van der Waals surface area contributed by atoms with Gasteiger partial charge in [0.05, 0.1) is 0 Å². The molecule has 1 aromatic heterocycles. The topological polar surface area (TPSA) is 32.9 Å². The van der Waals surface area contributed by atoms with E-state index in [-0.39, 0.29) is 5.92 Å². The average molecular weight is 227 g/mol. The highest BCUT2D eigenvalue weighted by molar-refractivity contribution is 6.09. The molecule has 0 bridgehead atoms. The molecule has 1 aliphatic rings. The first-order valence-electron chi connectivity index (χ1n) is 6.37. The Morgan fingerprint density at radius 1 is 1.29 bits per heavy atom. The average Bonchev–Trinajstić information content (AvgIpc) is 2.94. The number of hydrogen-bond donors (Lipinski definition) is 1. The third-order valence-corrected chi connectivity index (χ3v) is 4.05. The Morgan fingerprint density at radius 3 is 2.88 bits per heavy atom. The van der Waals surface area contributed by atoms with Gasteiger partial charge >= 0.3 is 0 Å². The van der Waals surface area contributed by atoms with Crippen molar-refractivity contribution in [3.8, 4) is 0 Å². The van der Waals surface area contributed by atoms with Crippen molar-refractivity contribution in [1.29, 1.82) is 0 Å². The number of benzene rings is 1. The summed E-state index contributed by atoms with van der Waals surface area (Å²) in [5.74, 6) is 1.10. The second kappa shape index (κ2) is 4.02. The number of aromatic amines is 1. The van der Waals surface area contributed by atoms with Crippen LogP contribution in [0.3, 0.4) is 0 Å². The van der Waals surface area contributed by atoms with E-state index >= 15 is 0 Å². The summed E-state index contributed by atoms with van der Waals surface area (Å²) in [4.78, 5) is 15.7. The van der Waals surface area contributed by atoms with Gasteiger partial charge in [-0.3, -0.25) is 4.79 Å². The minimum absolute atomic E-state index is 0.231. The van der Waals surface area contributed by atoms with Gasteiger partial charge in [0, 0.05) is 28.6 Å². The lowest BCUT2D eigenvalue weighted by Crippen LogP contribution is -2.16. The fraction of sp³-hybridized carbons (Fsp3) is 0.400. The van der Waals surface area contributed by atoms with Crippen LogP contribution >= 0.6 is 0 Å². The summed E-state index contributed by atoms with van der Waals surface area (Å²) in [6, 6.07) is 8.03. The van der Waals surface area contributed by atoms with Gasteiger partial charge in [-0.1, -0.05) is 31.5 Å². The van der Waals surface area contributed by atoms with E-state index in [9.17, 15) is 4.79 Å². The largest absolute Gasteiger partial charge is 0.360 e. The van der Waals surface area contributed by atoms with E-state index in [0.29, 0.717) is 11.7 Å². The third kappa shape index (κ3) is 1.68. The van der Waals surface area contributed by atoms with Crippen LogP contribution in [-0.2, 0) is 0 Å². The normalized spacial score (nSPS) is 24.3. The molecule has 2 unspecified atom stereocenters. The van der Waals surface area contributed by atoms with Crippen LogP contribution in [0.1, 0.15) is 36.5 Å². The fourth-order valence-corrected chi connectivity index (χ4v) is 3.01. The van der Waals surface area contributed by atoms with E-state index in [2.05, 4.69) is 11.9 Å². The zero-order chi connectivity index (χ0) is 11.8. The molecule has 1 N–H and O–H groups in total. The minimum atomic E-state index is 0.231. The predicted octanol–water partition coefficient (Wildman–Crippen LogP) is 3.79. The van der Waals surface area contributed by atoms with E-state index < -0.39 is 0 Å². The van der Waals surface area contributed by atoms with Gasteiger partial charge in [-0.15, -0.1) is 0 Å². The second-order valence-corrected chi connectivity index (χ2v) is 5.13. The van der Waals surface area contributed by atoms with Crippen LogP contribution < -0.4 is 0 Å². The number of carbonyl (C=O) groups is 1. The number of hydrogen-bond acceptors (Lipinski definition) is 1. The standard InChI is InChI=1S/C15H17NO/c1-10-5-4-7-11(10)15(17)13-9-16-14-8-3-2-6-12(13)14/h2-3,6,8-11,16H,4-5,7H2,1H3. The molecule has 0 saturated heterocycles. The number of H-pyrrole nitrogens is 1. The number of rotatable bonds is 2. The maximum Gasteiger partial charge on any atom is 0.168 e. The van der Waals surface area contributed by atoms with Crippen molar-refractivity contribution in [2.24, 2.45) is 11.8 Å². The molecule has 1 fully saturated rings. The van der Waals surface area contributed by atoms with Crippen molar-refractivity contribution < 1.29 is 4.79 Å². The van der Waals surface area contributed by atoms with Gasteiger partial charge in [-0.25, -0.2) is 0 Å². The van der Waals surface area contributed by atoms with Gasteiger partial charge in [-0.05, 0) is 24.8 Å². The Labute approximate surface area is 101 Å². The highest BCUT2D eigenvalue weighted by atomic mass is 16.1. The molecule has 17 heavy (non-hydrogen) atoms. The molecule has 1 aromatic carbocycles. The molecular formula is C15H17NO. The summed E-state index contributed by atoms with van der Waals surface area (Å²) >= 11 is 0. The Bertz CT molecular complexity index is 555. The van der Waals surface area contributed by atoms with Crippen LogP contribution in [0, 0.1) is 11.8 Å². The van der Waals surface area contributed by atoms with E-state index in [1.54, 1.807) is 0 Å². The van der Waals surface area contributed by atoms with Crippen molar-refractivity contribution in [1.82, 2.24) is 4.98 Å². The lowest BCUT2D eigenvalue weighted by Gasteiger charge is -2.13. The zero-order valence-corrected chi connectivity index (χ0v) is 10.1. The number of fused-ring (bicyclic) bond motifs is 1. The van der Waals surface area contributed by atoms with E-state index in [1.807, 2.05) is 30.5 Å². The monoisotopic (exact) mass is 227 g/mol. The number of aromatic nitrogens is 1. The van der Waals surface area contributed by atoms with Gasteiger partial charge in [0.25, 0.3) is 0 Å². The van der Waals surface area contributed by atoms with E-state index in [1.165, 1.54) is 12.8 Å². The Hall–Kier alpha value is -1.57. The van der Waals surface area contributed by atoms with Crippen molar-refractivity contribution in [3.05, 3.63) is 36.0 Å². The molecule has 1 heterocycles. The quantitative estimate of drug-likeness (QED) is 0.778. The summed E-state index contributed by atoms with van der Waals surface area (Å²) in [5.41, 5.74) is 1.93. The van der Waals surface area contributed by atoms with Crippen molar-refractivity contribution in [3.63, 3.8) is 0 Å². The number of Topliss-reactive ketones (excluding diaryl/α,β-unsaturated/α-hetero) is 1. The first kappa shape index (κ1) is 10.6. The van der Waals surface area contributed by atoms with Crippen molar-refractivity contribution in [2.45, 2.75) is 26.2 Å².